The number of nitrogens with one attached hydrogen (secondary N) is 2. The van der Waals surface area contributed by atoms with Crippen LogP contribution in [0.25, 0.3) is 10.8 Å². The van der Waals surface area contributed by atoms with Crippen molar-refractivity contribution in [2.75, 3.05) is 30.4 Å². The molecule has 0 aliphatic carbocycles. The molecule has 0 amide bonds. The van der Waals surface area contributed by atoms with Crippen molar-refractivity contribution in [3.8, 4) is 0 Å². The first-order valence-corrected chi connectivity index (χ1v) is 7.46. The number of rotatable bonds is 5. The van der Waals surface area contributed by atoms with Crippen LogP contribution in [0.1, 0.15) is 0 Å². The normalized spacial score (nSPS) is 11.6. The molecule has 102 valence electrons. The third-order valence-corrected chi connectivity index (χ3v) is 4.21. The fraction of sp³-hybridized carbons (Fsp3) is 0.250. The Hall–Kier alpha value is -1.86. The van der Waals surface area contributed by atoms with Gasteiger partial charge in [-0.25, -0.2) is 13.1 Å². The summed E-state index contributed by atoms with van der Waals surface area (Å²) in [5.74, 6) is 0.00956. The summed E-state index contributed by atoms with van der Waals surface area (Å²) < 4.78 is 24.9. The van der Waals surface area contributed by atoms with Gasteiger partial charge in [-0.05, 0) is 25.2 Å². The van der Waals surface area contributed by atoms with Crippen LogP contribution in [0.3, 0.4) is 0 Å². The summed E-state index contributed by atoms with van der Waals surface area (Å²) in [5, 5.41) is 4.87. The molecule has 0 saturated carbocycles. The first-order valence-electron chi connectivity index (χ1n) is 5.81. The van der Waals surface area contributed by atoms with Gasteiger partial charge in [-0.2, -0.15) is 0 Å². The molecule has 0 radical (unpaired) electrons. The molecular weight excluding hydrogens is 264 g/mol. The predicted octanol–water partition coefficient (Wildman–Crippen LogP) is 0.778. The van der Waals surface area contributed by atoms with E-state index in [0.29, 0.717) is 12.2 Å². The minimum Gasteiger partial charge on any atom is -0.398 e. The Morgan fingerprint density at radius 2 is 2.05 bits per heavy atom. The quantitative estimate of drug-likeness (QED) is 0.703. The molecule has 2 aromatic rings. The fourth-order valence-electron chi connectivity index (χ4n) is 1.79. The Morgan fingerprint density at radius 1 is 1.26 bits per heavy atom. The second-order valence-corrected chi connectivity index (χ2v) is 6.12. The number of nitrogen functional groups attached to an aromatic ring is 1. The lowest BCUT2D eigenvalue weighted by Gasteiger charge is -2.11. The first-order chi connectivity index (χ1) is 9.03. The number of nitrogens with zero attached hydrogens (tertiary/aromatic N) is 1. The van der Waals surface area contributed by atoms with Gasteiger partial charge < -0.3 is 11.1 Å². The molecule has 0 atom stereocenters. The highest BCUT2D eigenvalue weighted by Crippen LogP contribution is 2.27. The van der Waals surface area contributed by atoms with Crippen molar-refractivity contribution in [3.05, 3.63) is 30.6 Å². The zero-order chi connectivity index (χ0) is 13.9. The van der Waals surface area contributed by atoms with Crippen molar-refractivity contribution in [1.82, 2.24) is 9.71 Å². The maximum absolute atomic E-state index is 11.3. The van der Waals surface area contributed by atoms with E-state index in [1.165, 1.54) is 7.05 Å². The van der Waals surface area contributed by atoms with E-state index in [1.54, 1.807) is 18.5 Å². The van der Waals surface area contributed by atoms with Crippen LogP contribution < -0.4 is 15.8 Å². The lowest BCUT2D eigenvalue weighted by molar-refractivity contribution is 0.588. The van der Waals surface area contributed by atoms with E-state index >= 15 is 0 Å². The Bertz CT molecular complexity index is 685. The summed E-state index contributed by atoms with van der Waals surface area (Å²) in [4.78, 5) is 4.06. The van der Waals surface area contributed by atoms with Crippen LogP contribution in [0.5, 0.6) is 0 Å². The van der Waals surface area contributed by atoms with Gasteiger partial charge in [0, 0.05) is 41.1 Å². The van der Waals surface area contributed by atoms with Crippen LogP contribution >= 0.6 is 0 Å². The lowest BCUT2D eigenvalue weighted by Crippen LogP contribution is -2.26. The summed E-state index contributed by atoms with van der Waals surface area (Å²) in [7, 11) is -1.80. The molecule has 1 aromatic carbocycles. The maximum atomic E-state index is 11.3. The second-order valence-electron chi connectivity index (χ2n) is 4.07. The van der Waals surface area contributed by atoms with Gasteiger partial charge in [0.1, 0.15) is 0 Å². The van der Waals surface area contributed by atoms with Crippen molar-refractivity contribution in [3.63, 3.8) is 0 Å². The van der Waals surface area contributed by atoms with Gasteiger partial charge in [0.25, 0.3) is 0 Å². The zero-order valence-corrected chi connectivity index (χ0v) is 11.4. The van der Waals surface area contributed by atoms with Gasteiger partial charge in [-0.15, -0.1) is 0 Å². The van der Waals surface area contributed by atoms with Gasteiger partial charge >= 0.3 is 0 Å². The lowest BCUT2D eigenvalue weighted by atomic mass is 10.1. The molecule has 0 fully saturated rings. The van der Waals surface area contributed by atoms with E-state index in [0.717, 1.165) is 16.5 Å². The highest BCUT2D eigenvalue weighted by molar-refractivity contribution is 7.89. The molecule has 1 heterocycles. The van der Waals surface area contributed by atoms with Crippen LogP contribution in [0, 0.1) is 0 Å². The number of nitrogens with two attached hydrogens (primary N) is 1. The molecule has 0 unspecified atom stereocenters. The highest BCUT2D eigenvalue weighted by atomic mass is 32.2. The van der Waals surface area contributed by atoms with Crippen LogP contribution in [0.4, 0.5) is 11.4 Å². The van der Waals surface area contributed by atoms with Crippen molar-refractivity contribution in [2.45, 2.75) is 0 Å². The molecule has 7 heteroatoms. The SMILES string of the molecule is CNS(=O)(=O)CCNc1ccc(N)c2ccncc12. The standard InChI is InChI=1S/C12H16N4O2S/c1-14-19(17,18)7-6-16-12-3-2-11(13)9-4-5-15-8-10(9)12/h2-5,8,14,16H,6-7,13H2,1H3. The molecule has 6 nitrogen and oxygen atoms in total. The van der Waals surface area contributed by atoms with E-state index in [9.17, 15) is 8.42 Å². The topological polar surface area (TPSA) is 97.1 Å². The van der Waals surface area contributed by atoms with Gasteiger partial charge in [0.05, 0.1) is 5.75 Å². The number of hydrogen-bond donors (Lipinski definition) is 3. The molecule has 0 aliphatic heterocycles. The minimum atomic E-state index is -3.20. The van der Waals surface area contributed by atoms with Crippen molar-refractivity contribution in [1.29, 1.82) is 0 Å². The summed E-state index contributed by atoms with van der Waals surface area (Å²) in [5.41, 5.74) is 7.38. The summed E-state index contributed by atoms with van der Waals surface area (Å²) in [6.07, 6.45) is 3.38. The molecule has 0 bridgehead atoms. The molecule has 0 saturated heterocycles. The number of pyridine rings is 1. The monoisotopic (exact) mass is 280 g/mol. The van der Waals surface area contributed by atoms with Crippen LogP contribution in [-0.4, -0.2) is 32.7 Å². The van der Waals surface area contributed by atoms with Gasteiger partial charge in [0.2, 0.25) is 10.0 Å². The van der Waals surface area contributed by atoms with Crippen molar-refractivity contribution < 1.29 is 8.42 Å². The van der Waals surface area contributed by atoms with E-state index in [-0.39, 0.29) is 5.75 Å². The zero-order valence-electron chi connectivity index (χ0n) is 10.6. The predicted molar refractivity (Wildman–Crippen MR) is 77.5 cm³/mol. The fourth-order valence-corrected chi connectivity index (χ4v) is 2.36. The van der Waals surface area contributed by atoms with Crippen molar-refractivity contribution >= 4 is 32.2 Å². The third kappa shape index (κ3) is 3.12. The van der Waals surface area contributed by atoms with E-state index in [4.69, 9.17) is 5.73 Å². The summed E-state index contributed by atoms with van der Waals surface area (Å²) in [6, 6.07) is 5.45. The Kier molecular flexibility index (Phi) is 3.87. The largest absolute Gasteiger partial charge is 0.398 e. The number of sulfonamides is 1. The first kappa shape index (κ1) is 13.6. The number of hydrogen-bond acceptors (Lipinski definition) is 5. The molecule has 0 aliphatic rings. The molecule has 0 spiro atoms. The Morgan fingerprint density at radius 3 is 2.79 bits per heavy atom. The minimum absolute atomic E-state index is 0.00956. The number of fused-ring (bicyclic) bond motifs is 1. The number of aromatic nitrogens is 1. The maximum Gasteiger partial charge on any atom is 0.213 e. The van der Waals surface area contributed by atoms with Crippen LogP contribution in [0.2, 0.25) is 0 Å². The highest BCUT2D eigenvalue weighted by Gasteiger charge is 2.08. The van der Waals surface area contributed by atoms with Gasteiger partial charge in [-0.3, -0.25) is 4.98 Å². The smallest absolute Gasteiger partial charge is 0.213 e. The molecule has 19 heavy (non-hydrogen) atoms. The van der Waals surface area contributed by atoms with E-state index in [2.05, 4.69) is 15.0 Å². The van der Waals surface area contributed by atoms with Gasteiger partial charge in [-0.1, -0.05) is 0 Å². The molecule has 1 aromatic heterocycles. The Labute approximate surface area is 112 Å². The second kappa shape index (κ2) is 5.41. The van der Waals surface area contributed by atoms with E-state index < -0.39 is 10.0 Å². The average molecular weight is 280 g/mol. The molecule has 4 N–H and O–H groups in total. The molecular formula is C12H16N4O2S. The summed E-state index contributed by atoms with van der Waals surface area (Å²) >= 11 is 0. The third-order valence-electron chi connectivity index (χ3n) is 2.85. The van der Waals surface area contributed by atoms with Gasteiger partial charge in [0.15, 0.2) is 0 Å². The summed E-state index contributed by atoms with van der Waals surface area (Å²) in [6.45, 7) is 0.317. The average Bonchev–Trinajstić information content (AvgIpc) is 2.42. The number of benzene rings is 1. The van der Waals surface area contributed by atoms with Crippen molar-refractivity contribution in [2.24, 2.45) is 0 Å². The van der Waals surface area contributed by atoms with Crippen LogP contribution in [0.15, 0.2) is 30.6 Å². The Balaban J connectivity index is 2.20. The van der Waals surface area contributed by atoms with Crippen LogP contribution in [-0.2, 0) is 10.0 Å². The number of anilines is 2. The molecule has 2 rings (SSSR count). The van der Waals surface area contributed by atoms with E-state index in [1.807, 2.05) is 12.1 Å².